The highest BCUT2D eigenvalue weighted by Gasteiger charge is 2.11. The smallest absolute Gasteiger partial charge is 0.171 e. The van der Waals surface area contributed by atoms with Crippen LogP contribution in [0.5, 0.6) is 0 Å². The Hall–Kier alpha value is -1.81. The zero-order valence-corrected chi connectivity index (χ0v) is 11.3. The van der Waals surface area contributed by atoms with Gasteiger partial charge < -0.3 is 10.2 Å². The minimum absolute atomic E-state index is 0.381. The predicted molar refractivity (Wildman–Crippen MR) is 78.2 cm³/mol. The molecule has 4 nitrogen and oxygen atoms in total. The minimum Gasteiger partial charge on any atom is -0.372 e. The van der Waals surface area contributed by atoms with Crippen molar-refractivity contribution in [2.24, 2.45) is 0 Å². The second-order valence-electron chi connectivity index (χ2n) is 4.56. The third-order valence-corrected chi connectivity index (χ3v) is 3.53. The molecule has 1 fully saturated rings. The standard InChI is InChI=1S/C14H15ClN4/c15-13-14(17-8-7-16-13)18-11-3-5-12(6-4-11)19-9-1-2-10-19/h3-8H,1-2,9-10H2,(H,17,18). The van der Waals surface area contributed by atoms with E-state index in [0.717, 1.165) is 18.8 Å². The summed E-state index contributed by atoms with van der Waals surface area (Å²) in [5, 5.41) is 3.55. The molecule has 3 rings (SSSR count). The Morgan fingerprint density at radius 2 is 1.68 bits per heavy atom. The van der Waals surface area contributed by atoms with Crippen LogP contribution in [0.25, 0.3) is 0 Å². The molecule has 0 saturated carbocycles. The van der Waals surface area contributed by atoms with E-state index >= 15 is 0 Å². The highest BCUT2D eigenvalue weighted by molar-refractivity contribution is 6.31. The second-order valence-corrected chi connectivity index (χ2v) is 4.92. The van der Waals surface area contributed by atoms with Crippen molar-refractivity contribution >= 4 is 28.8 Å². The summed E-state index contributed by atoms with van der Waals surface area (Å²) in [6, 6.07) is 8.33. The SMILES string of the molecule is Clc1nccnc1Nc1ccc(N2CCCC2)cc1. The Balaban J connectivity index is 1.74. The van der Waals surface area contributed by atoms with Crippen LogP contribution in [-0.2, 0) is 0 Å². The molecule has 1 saturated heterocycles. The van der Waals surface area contributed by atoms with Crippen molar-refractivity contribution < 1.29 is 0 Å². The van der Waals surface area contributed by atoms with Crippen molar-refractivity contribution in [1.82, 2.24) is 9.97 Å². The highest BCUT2D eigenvalue weighted by Crippen LogP contribution is 2.25. The van der Waals surface area contributed by atoms with E-state index in [-0.39, 0.29) is 0 Å². The first-order chi connectivity index (χ1) is 9.33. The Kier molecular flexibility index (Phi) is 3.51. The Bertz CT molecular complexity index is 550. The molecular weight excluding hydrogens is 260 g/mol. The number of rotatable bonds is 3. The summed E-state index contributed by atoms with van der Waals surface area (Å²) < 4.78 is 0. The number of nitrogens with zero attached hydrogens (tertiary/aromatic N) is 3. The van der Waals surface area contributed by atoms with Gasteiger partial charge in [0.25, 0.3) is 0 Å². The van der Waals surface area contributed by atoms with E-state index < -0.39 is 0 Å². The first-order valence-corrected chi connectivity index (χ1v) is 6.79. The van der Waals surface area contributed by atoms with Crippen LogP contribution in [0.1, 0.15) is 12.8 Å². The summed E-state index contributed by atoms with van der Waals surface area (Å²) in [5.41, 5.74) is 2.23. The number of halogens is 1. The number of hydrogen-bond acceptors (Lipinski definition) is 4. The van der Waals surface area contributed by atoms with E-state index in [0.29, 0.717) is 11.0 Å². The number of benzene rings is 1. The summed E-state index contributed by atoms with van der Waals surface area (Å²) in [5.74, 6) is 0.582. The lowest BCUT2D eigenvalue weighted by atomic mass is 10.2. The molecule has 0 bridgehead atoms. The minimum atomic E-state index is 0.381. The highest BCUT2D eigenvalue weighted by atomic mass is 35.5. The molecule has 5 heteroatoms. The Morgan fingerprint density at radius 3 is 2.37 bits per heavy atom. The maximum absolute atomic E-state index is 5.96. The van der Waals surface area contributed by atoms with Crippen molar-refractivity contribution in [2.75, 3.05) is 23.3 Å². The van der Waals surface area contributed by atoms with Gasteiger partial charge in [-0.1, -0.05) is 11.6 Å². The predicted octanol–water partition coefficient (Wildman–Crippen LogP) is 3.47. The summed E-state index contributed by atoms with van der Waals surface area (Å²) in [7, 11) is 0. The van der Waals surface area contributed by atoms with Gasteiger partial charge in [0.05, 0.1) is 0 Å². The molecule has 2 heterocycles. The zero-order valence-electron chi connectivity index (χ0n) is 10.5. The lowest BCUT2D eigenvalue weighted by molar-refractivity contribution is 0.949. The van der Waals surface area contributed by atoms with E-state index in [4.69, 9.17) is 11.6 Å². The Morgan fingerprint density at radius 1 is 1.00 bits per heavy atom. The molecule has 0 spiro atoms. The van der Waals surface area contributed by atoms with Crippen LogP contribution in [0.3, 0.4) is 0 Å². The van der Waals surface area contributed by atoms with Crippen molar-refractivity contribution in [1.29, 1.82) is 0 Å². The molecule has 1 aliphatic rings. The van der Waals surface area contributed by atoms with Gasteiger partial charge in [-0.3, -0.25) is 0 Å². The number of aromatic nitrogens is 2. The van der Waals surface area contributed by atoms with Crippen molar-refractivity contribution in [3.05, 3.63) is 41.8 Å². The van der Waals surface area contributed by atoms with Gasteiger partial charge >= 0.3 is 0 Å². The van der Waals surface area contributed by atoms with Gasteiger partial charge in [-0.25, -0.2) is 9.97 Å². The number of nitrogens with one attached hydrogen (secondary N) is 1. The first kappa shape index (κ1) is 12.2. The van der Waals surface area contributed by atoms with Gasteiger partial charge in [0, 0.05) is 36.9 Å². The van der Waals surface area contributed by atoms with Gasteiger partial charge in [0.1, 0.15) is 0 Å². The molecule has 0 radical (unpaired) electrons. The van der Waals surface area contributed by atoms with Gasteiger partial charge in [-0.2, -0.15) is 0 Å². The molecule has 0 atom stereocenters. The molecule has 1 N–H and O–H groups in total. The largest absolute Gasteiger partial charge is 0.372 e. The molecule has 0 unspecified atom stereocenters. The number of anilines is 3. The van der Waals surface area contributed by atoms with Crippen molar-refractivity contribution in [3.63, 3.8) is 0 Å². The van der Waals surface area contributed by atoms with E-state index in [1.165, 1.54) is 18.5 Å². The molecule has 1 aromatic heterocycles. The van der Waals surface area contributed by atoms with Gasteiger partial charge in [0.15, 0.2) is 11.0 Å². The topological polar surface area (TPSA) is 41.1 Å². The lowest BCUT2D eigenvalue weighted by Crippen LogP contribution is -2.17. The van der Waals surface area contributed by atoms with Crippen LogP contribution in [0.2, 0.25) is 5.15 Å². The fraction of sp³-hybridized carbons (Fsp3) is 0.286. The van der Waals surface area contributed by atoms with Crippen molar-refractivity contribution in [3.8, 4) is 0 Å². The molecule has 0 aliphatic carbocycles. The summed E-state index contributed by atoms with van der Waals surface area (Å²) in [4.78, 5) is 10.5. The van der Waals surface area contributed by atoms with Crippen LogP contribution < -0.4 is 10.2 Å². The quantitative estimate of drug-likeness (QED) is 0.930. The van der Waals surface area contributed by atoms with Crippen LogP contribution in [0, 0.1) is 0 Å². The molecular formula is C14H15ClN4. The van der Waals surface area contributed by atoms with Crippen molar-refractivity contribution in [2.45, 2.75) is 12.8 Å². The molecule has 1 aromatic carbocycles. The van der Waals surface area contributed by atoms with Crippen LogP contribution in [0.15, 0.2) is 36.7 Å². The summed E-state index contributed by atoms with van der Waals surface area (Å²) in [6.07, 6.45) is 5.77. The fourth-order valence-electron chi connectivity index (χ4n) is 2.27. The average Bonchev–Trinajstić information content (AvgIpc) is 2.96. The van der Waals surface area contributed by atoms with E-state index in [9.17, 15) is 0 Å². The second kappa shape index (κ2) is 5.45. The van der Waals surface area contributed by atoms with Gasteiger partial charge in [-0.05, 0) is 37.1 Å². The summed E-state index contributed by atoms with van der Waals surface area (Å²) in [6.45, 7) is 2.31. The van der Waals surface area contributed by atoms with Gasteiger partial charge in [-0.15, -0.1) is 0 Å². The first-order valence-electron chi connectivity index (χ1n) is 6.41. The average molecular weight is 275 g/mol. The lowest BCUT2D eigenvalue weighted by Gasteiger charge is -2.17. The molecule has 19 heavy (non-hydrogen) atoms. The van der Waals surface area contributed by atoms with Gasteiger partial charge in [0.2, 0.25) is 0 Å². The third kappa shape index (κ3) is 2.79. The third-order valence-electron chi connectivity index (χ3n) is 3.25. The van der Waals surface area contributed by atoms with E-state index in [2.05, 4.69) is 32.3 Å². The van der Waals surface area contributed by atoms with E-state index in [1.807, 2.05) is 12.1 Å². The zero-order chi connectivity index (χ0) is 13.1. The monoisotopic (exact) mass is 274 g/mol. The van der Waals surface area contributed by atoms with Crippen LogP contribution >= 0.6 is 11.6 Å². The molecule has 1 aliphatic heterocycles. The van der Waals surface area contributed by atoms with Crippen LogP contribution in [0.4, 0.5) is 17.2 Å². The van der Waals surface area contributed by atoms with Crippen LogP contribution in [-0.4, -0.2) is 23.1 Å². The molecule has 0 amide bonds. The fourth-order valence-corrected chi connectivity index (χ4v) is 2.42. The maximum Gasteiger partial charge on any atom is 0.171 e. The normalized spacial score (nSPS) is 14.7. The maximum atomic E-state index is 5.96. The molecule has 98 valence electrons. The number of hydrogen-bond donors (Lipinski definition) is 1. The molecule has 2 aromatic rings. The Labute approximate surface area is 117 Å². The summed E-state index contributed by atoms with van der Waals surface area (Å²) >= 11 is 5.96. The van der Waals surface area contributed by atoms with E-state index in [1.54, 1.807) is 12.4 Å².